The van der Waals surface area contributed by atoms with Gasteiger partial charge in [-0.25, -0.2) is 0 Å². The van der Waals surface area contributed by atoms with Crippen molar-refractivity contribution in [3.05, 3.63) is 35.7 Å². The highest BCUT2D eigenvalue weighted by molar-refractivity contribution is 5.65. The Hall–Kier alpha value is -1.97. The van der Waals surface area contributed by atoms with Gasteiger partial charge in [-0.2, -0.15) is 0 Å². The highest BCUT2D eigenvalue weighted by atomic mass is 15.2. The van der Waals surface area contributed by atoms with E-state index < -0.39 is 0 Å². The van der Waals surface area contributed by atoms with Gasteiger partial charge in [-0.1, -0.05) is 6.92 Å². The van der Waals surface area contributed by atoms with Crippen molar-refractivity contribution >= 4 is 5.82 Å². The summed E-state index contributed by atoms with van der Waals surface area (Å²) >= 11 is 0. The number of rotatable bonds is 4. The van der Waals surface area contributed by atoms with Gasteiger partial charge in [0, 0.05) is 24.5 Å². The molecule has 0 aliphatic carbocycles. The first kappa shape index (κ1) is 12.5. The molecule has 1 N–H and O–H groups in total. The van der Waals surface area contributed by atoms with Crippen LogP contribution in [0, 0.1) is 13.8 Å². The van der Waals surface area contributed by atoms with E-state index in [1.807, 2.05) is 18.3 Å². The van der Waals surface area contributed by atoms with Gasteiger partial charge in [0.05, 0.1) is 5.69 Å². The van der Waals surface area contributed by atoms with E-state index in [2.05, 4.69) is 41.3 Å². The second kappa shape index (κ2) is 5.58. The Morgan fingerprint density at radius 3 is 2.67 bits per heavy atom. The van der Waals surface area contributed by atoms with Crippen LogP contribution in [0.1, 0.15) is 24.5 Å². The molecular weight excluding hydrogens is 224 g/mol. The van der Waals surface area contributed by atoms with Crippen molar-refractivity contribution in [2.75, 3.05) is 11.9 Å². The van der Waals surface area contributed by atoms with Crippen molar-refractivity contribution in [1.82, 2.24) is 15.2 Å². The largest absolute Gasteiger partial charge is 0.368 e. The monoisotopic (exact) mass is 242 g/mol. The third-order valence-electron chi connectivity index (χ3n) is 3.00. The Morgan fingerprint density at radius 1 is 1.17 bits per heavy atom. The molecule has 2 aromatic heterocycles. The number of hydrogen-bond donors (Lipinski definition) is 1. The first-order chi connectivity index (χ1) is 8.74. The molecular formula is C14H18N4. The number of aromatic nitrogens is 3. The second-order valence-electron chi connectivity index (χ2n) is 4.32. The predicted molar refractivity (Wildman–Crippen MR) is 73.5 cm³/mol. The van der Waals surface area contributed by atoms with Crippen molar-refractivity contribution in [3.63, 3.8) is 0 Å². The zero-order valence-electron chi connectivity index (χ0n) is 11.1. The number of pyridine rings is 1. The SMILES string of the molecule is CCCNc1nnc(-c2cccnc2)c(C)c1C. The van der Waals surface area contributed by atoms with E-state index in [0.717, 1.165) is 41.2 Å². The molecule has 4 nitrogen and oxygen atoms in total. The number of nitrogens with one attached hydrogen (secondary N) is 1. The lowest BCUT2D eigenvalue weighted by molar-refractivity contribution is 0.932. The fourth-order valence-electron chi connectivity index (χ4n) is 1.79. The van der Waals surface area contributed by atoms with Crippen LogP contribution in [0.4, 0.5) is 5.82 Å². The molecule has 0 unspecified atom stereocenters. The quantitative estimate of drug-likeness (QED) is 0.895. The Bertz CT molecular complexity index is 523. The first-order valence-corrected chi connectivity index (χ1v) is 6.22. The van der Waals surface area contributed by atoms with Gasteiger partial charge in [0.25, 0.3) is 0 Å². The molecule has 0 saturated carbocycles. The van der Waals surface area contributed by atoms with Crippen LogP contribution >= 0.6 is 0 Å². The molecule has 0 bridgehead atoms. The maximum Gasteiger partial charge on any atom is 0.151 e. The zero-order valence-corrected chi connectivity index (χ0v) is 11.1. The number of nitrogens with zero attached hydrogens (tertiary/aromatic N) is 3. The molecule has 4 heteroatoms. The van der Waals surface area contributed by atoms with Gasteiger partial charge in [0.2, 0.25) is 0 Å². The topological polar surface area (TPSA) is 50.7 Å². The lowest BCUT2D eigenvalue weighted by atomic mass is 10.1. The maximum absolute atomic E-state index is 4.31. The molecule has 2 rings (SSSR count). The van der Waals surface area contributed by atoms with Crippen LogP contribution in [0.2, 0.25) is 0 Å². The van der Waals surface area contributed by atoms with Crippen LogP contribution in [-0.2, 0) is 0 Å². The fraction of sp³-hybridized carbons (Fsp3) is 0.357. The molecule has 0 atom stereocenters. The Balaban J connectivity index is 2.38. The molecule has 0 spiro atoms. The Labute approximate surface area is 107 Å². The predicted octanol–water partition coefficient (Wildman–Crippen LogP) is 2.98. The minimum Gasteiger partial charge on any atom is -0.368 e. The van der Waals surface area contributed by atoms with E-state index in [-0.39, 0.29) is 0 Å². The lowest BCUT2D eigenvalue weighted by Gasteiger charge is -2.12. The summed E-state index contributed by atoms with van der Waals surface area (Å²) in [6.07, 6.45) is 4.65. The summed E-state index contributed by atoms with van der Waals surface area (Å²) in [5.41, 5.74) is 4.21. The van der Waals surface area contributed by atoms with Gasteiger partial charge in [-0.05, 0) is 43.5 Å². The second-order valence-corrected chi connectivity index (χ2v) is 4.32. The van der Waals surface area contributed by atoms with Crippen molar-refractivity contribution in [2.24, 2.45) is 0 Å². The summed E-state index contributed by atoms with van der Waals surface area (Å²) in [5, 5.41) is 11.9. The molecule has 18 heavy (non-hydrogen) atoms. The highest BCUT2D eigenvalue weighted by Crippen LogP contribution is 2.24. The van der Waals surface area contributed by atoms with Crippen LogP contribution in [0.3, 0.4) is 0 Å². The molecule has 0 aliphatic heterocycles. The minimum absolute atomic E-state index is 0.877. The third-order valence-corrected chi connectivity index (χ3v) is 3.00. The summed E-state index contributed by atoms with van der Waals surface area (Å²) in [5.74, 6) is 0.877. The van der Waals surface area contributed by atoms with Crippen LogP contribution in [0.5, 0.6) is 0 Å². The van der Waals surface area contributed by atoms with Gasteiger partial charge in [-0.15, -0.1) is 10.2 Å². The van der Waals surface area contributed by atoms with E-state index >= 15 is 0 Å². The molecule has 2 aromatic rings. The van der Waals surface area contributed by atoms with Crippen molar-refractivity contribution in [3.8, 4) is 11.3 Å². The molecule has 0 fully saturated rings. The van der Waals surface area contributed by atoms with Gasteiger partial charge >= 0.3 is 0 Å². The smallest absolute Gasteiger partial charge is 0.151 e. The molecule has 0 saturated heterocycles. The molecule has 94 valence electrons. The zero-order chi connectivity index (χ0) is 13.0. The van der Waals surface area contributed by atoms with E-state index in [4.69, 9.17) is 0 Å². The number of anilines is 1. The average Bonchev–Trinajstić information content (AvgIpc) is 2.41. The van der Waals surface area contributed by atoms with E-state index in [9.17, 15) is 0 Å². The van der Waals surface area contributed by atoms with Gasteiger partial charge in [0.1, 0.15) is 0 Å². The fourth-order valence-corrected chi connectivity index (χ4v) is 1.79. The molecule has 0 aliphatic rings. The summed E-state index contributed by atoms with van der Waals surface area (Å²) < 4.78 is 0. The van der Waals surface area contributed by atoms with Crippen molar-refractivity contribution in [1.29, 1.82) is 0 Å². The lowest BCUT2D eigenvalue weighted by Crippen LogP contribution is -2.07. The van der Waals surface area contributed by atoms with Gasteiger partial charge in [-0.3, -0.25) is 4.98 Å². The van der Waals surface area contributed by atoms with Gasteiger partial charge in [0.15, 0.2) is 5.82 Å². The molecule has 0 amide bonds. The molecule has 0 radical (unpaired) electrons. The summed E-state index contributed by atoms with van der Waals surface area (Å²) in [7, 11) is 0. The van der Waals surface area contributed by atoms with Crippen LogP contribution in [0.25, 0.3) is 11.3 Å². The van der Waals surface area contributed by atoms with Crippen LogP contribution < -0.4 is 5.32 Å². The Morgan fingerprint density at radius 2 is 2.00 bits per heavy atom. The average molecular weight is 242 g/mol. The van der Waals surface area contributed by atoms with E-state index in [1.165, 1.54) is 0 Å². The van der Waals surface area contributed by atoms with Gasteiger partial charge < -0.3 is 5.32 Å². The molecule has 0 aromatic carbocycles. The summed E-state index contributed by atoms with van der Waals surface area (Å²) in [6.45, 7) is 7.19. The van der Waals surface area contributed by atoms with Crippen molar-refractivity contribution in [2.45, 2.75) is 27.2 Å². The standard InChI is InChI=1S/C14H18N4/c1-4-7-16-14-11(3)10(2)13(17-18-14)12-6-5-8-15-9-12/h5-6,8-9H,4,7H2,1-3H3,(H,16,18). The minimum atomic E-state index is 0.877. The molecule has 2 heterocycles. The summed E-state index contributed by atoms with van der Waals surface area (Å²) in [4.78, 5) is 4.12. The third kappa shape index (κ3) is 2.47. The normalized spacial score (nSPS) is 10.4. The summed E-state index contributed by atoms with van der Waals surface area (Å²) in [6, 6.07) is 3.91. The number of hydrogen-bond acceptors (Lipinski definition) is 4. The van der Waals surface area contributed by atoms with Crippen LogP contribution in [-0.4, -0.2) is 21.7 Å². The van der Waals surface area contributed by atoms with E-state index in [0.29, 0.717) is 0 Å². The van der Waals surface area contributed by atoms with E-state index in [1.54, 1.807) is 6.20 Å². The first-order valence-electron chi connectivity index (χ1n) is 6.22. The van der Waals surface area contributed by atoms with Crippen LogP contribution in [0.15, 0.2) is 24.5 Å². The highest BCUT2D eigenvalue weighted by Gasteiger charge is 2.10. The maximum atomic E-state index is 4.31. The Kier molecular flexibility index (Phi) is 3.87. The van der Waals surface area contributed by atoms with Crippen molar-refractivity contribution < 1.29 is 0 Å².